The number of hydrogen-bond acceptors (Lipinski definition) is 9. The van der Waals surface area contributed by atoms with E-state index in [0.717, 1.165) is 56.8 Å². The Balaban J connectivity index is 1.35. The van der Waals surface area contributed by atoms with Crippen molar-refractivity contribution >= 4 is 18.4 Å². The van der Waals surface area contributed by atoms with Gasteiger partial charge < -0.3 is 38.7 Å². The van der Waals surface area contributed by atoms with Crippen molar-refractivity contribution in [2.75, 3.05) is 20.3 Å². The van der Waals surface area contributed by atoms with E-state index >= 15 is 0 Å². The lowest BCUT2D eigenvalue weighted by atomic mass is 9.43. The lowest BCUT2D eigenvalue weighted by molar-refractivity contribution is -0.307. The van der Waals surface area contributed by atoms with Crippen LogP contribution >= 0.6 is 0 Å². The Labute approximate surface area is 273 Å². The molecule has 3 saturated carbocycles. The van der Waals surface area contributed by atoms with Gasteiger partial charge in [-0.15, -0.1) is 0 Å². The zero-order valence-corrected chi connectivity index (χ0v) is 28.6. The molecule has 260 valence electrons. The highest BCUT2D eigenvalue weighted by Gasteiger charge is 2.84. The number of carboxylic acids is 1. The van der Waals surface area contributed by atoms with E-state index in [0.29, 0.717) is 18.8 Å². The molecule has 1 heterocycles. The average Bonchev–Trinajstić information content (AvgIpc) is 3.59. The first-order valence-electron chi connectivity index (χ1n) is 17.7. The minimum atomic E-state index is -1.41. The molecule has 4 fully saturated rings. The Morgan fingerprint density at radius 1 is 1.09 bits per heavy atom. The summed E-state index contributed by atoms with van der Waals surface area (Å²) in [5, 5.41) is 22.7. The number of aliphatic hydroxyl groups excluding tert-OH is 1. The zero-order chi connectivity index (χ0) is 33.4. The number of unbranched alkanes of at least 4 members (excludes halogenated alkanes) is 5. The Morgan fingerprint density at radius 2 is 1.80 bits per heavy atom. The Morgan fingerprint density at radius 3 is 2.46 bits per heavy atom. The molecular weight excluding hydrogens is 592 g/mol. The van der Waals surface area contributed by atoms with Gasteiger partial charge in [0.25, 0.3) is 0 Å². The van der Waals surface area contributed by atoms with Gasteiger partial charge in [-0.25, -0.2) is 4.79 Å². The second-order valence-electron chi connectivity index (χ2n) is 15.1. The van der Waals surface area contributed by atoms with E-state index in [9.17, 15) is 24.6 Å². The number of aldehydes is 1. The number of aliphatic hydroxyl groups is 1. The summed E-state index contributed by atoms with van der Waals surface area (Å²) in [5.41, 5.74) is -2.48. The van der Waals surface area contributed by atoms with Gasteiger partial charge in [0.2, 0.25) is 0 Å². The zero-order valence-electron chi connectivity index (χ0n) is 28.6. The van der Waals surface area contributed by atoms with Gasteiger partial charge in [0.15, 0.2) is 12.4 Å². The highest BCUT2D eigenvalue weighted by Crippen LogP contribution is 2.82. The Bertz CT molecular complexity index is 1150. The van der Waals surface area contributed by atoms with Crippen LogP contribution in [0.3, 0.4) is 0 Å². The van der Waals surface area contributed by atoms with Crippen LogP contribution in [-0.2, 0) is 33.3 Å². The van der Waals surface area contributed by atoms with Gasteiger partial charge in [-0.3, -0.25) is 4.79 Å². The van der Waals surface area contributed by atoms with Gasteiger partial charge in [-0.05, 0) is 62.2 Å². The van der Waals surface area contributed by atoms with E-state index in [1.54, 1.807) is 6.92 Å². The normalized spacial score (nSPS) is 42.5. The molecule has 12 atom stereocenters. The first-order chi connectivity index (χ1) is 21.9. The summed E-state index contributed by atoms with van der Waals surface area (Å²) in [5.74, 6) is -0.594. The number of rotatable bonds is 15. The molecule has 2 N–H and O–H groups in total. The standard InChI is InChI=1S/C36H56O10/c1-7-8-9-10-11-12-15-43-33(41)46-30-28(38)31(45-23(5)29(30)42-6)44-20-35-18-25-22(4)13-14-26(25)34(19-37)17-24(35)16-27(21(2)3)36(34,35)32(39)40/h16,19,21-26,28-31,38H,7-15,17-18,20H2,1-6H3,(H,39,40)/t22-,23-,24?,25-,26-,28+,29-,30+,31-,34?,35?,36?/m1/s1. The number of allylic oxidation sites excluding steroid dienone is 1. The highest BCUT2D eigenvalue weighted by molar-refractivity contribution is 5.90. The molecule has 0 aromatic rings. The van der Waals surface area contributed by atoms with Crippen LogP contribution in [0.2, 0.25) is 0 Å². The summed E-state index contributed by atoms with van der Waals surface area (Å²) in [4.78, 5) is 39.7. The maximum Gasteiger partial charge on any atom is 0.508 e. The third-order valence-corrected chi connectivity index (χ3v) is 12.6. The number of carbonyl (C=O) groups excluding carboxylic acids is 2. The number of fused-ring (bicyclic) bond motifs is 2. The van der Waals surface area contributed by atoms with Crippen molar-refractivity contribution in [3.05, 3.63) is 11.6 Å². The van der Waals surface area contributed by atoms with Gasteiger partial charge in [0.05, 0.1) is 24.7 Å². The molecule has 5 aliphatic rings. The maximum atomic E-state index is 13.7. The van der Waals surface area contributed by atoms with E-state index < -0.39 is 59.1 Å². The number of carbonyl (C=O) groups is 3. The molecule has 46 heavy (non-hydrogen) atoms. The smallest absolute Gasteiger partial charge is 0.481 e. The van der Waals surface area contributed by atoms with Gasteiger partial charge >= 0.3 is 12.1 Å². The molecule has 0 spiro atoms. The molecule has 10 heteroatoms. The first-order valence-corrected chi connectivity index (χ1v) is 17.7. The largest absolute Gasteiger partial charge is 0.508 e. The minimum Gasteiger partial charge on any atom is -0.481 e. The summed E-state index contributed by atoms with van der Waals surface area (Å²) >= 11 is 0. The molecule has 0 radical (unpaired) electrons. The van der Waals surface area contributed by atoms with E-state index in [4.69, 9.17) is 23.7 Å². The minimum absolute atomic E-state index is 0.0100. The van der Waals surface area contributed by atoms with Gasteiger partial charge in [0.1, 0.15) is 23.9 Å². The number of methoxy groups -OCH3 is 1. The molecular formula is C36H56O10. The van der Waals surface area contributed by atoms with Crippen LogP contribution in [0.4, 0.5) is 4.79 Å². The van der Waals surface area contributed by atoms with Gasteiger partial charge in [-0.2, -0.15) is 0 Å². The molecule has 0 amide bonds. The highest BCUT2D eigenvalue weighted by atomic mass is 16.8. The summed E-state index contributed by atoms with van der Waals surface area (Å²) in [6.07, 6.45) is 6.33. The Hall–Kier alpha value is -2.01. The number of ether oxygens (including phenoxy) is 5. The first kappa shape index (κ1) is 35.3. The van der Waals surface area contributed by atoms with Crippen molar-refractivity contribution in [2.45, 2.75) is 130 Å². The molecule has 1 saturated heterocycles. The molecule has 5 rings (SSSR count). The monoisotopic (exact) mass is 648 g/mol. The van der Waals surface area contributed by atoms with Crippen molar-refractivity contribution in [1.29, 1.82) is 0 Å². The lowest BCUT2D eigenvalue weighted by Crippen LogP contribution is -2.64. The summed E-state index contributed by atoms with van der Waals surface area (Å²) in [6, 6.07) is 0. The topological polar surface area (TPSA) is 138 Å². The molecule has 1 aliphatic heterocycles. The van der Waals surface area contributed by atoms with E-state index in [2.05, 4.69) is 19.9 Å². The lowest BCUT2D eigenvalue weighted by Gasteiger charge is -2.58. The van der Waals surface area contributed by atoms with Crippen LogP contribution < -0.4 is 0 Å². The molecule has 10 nitrogen and oxygen atoms in total. The predicted octanol–water partition coefficient (Wildman–Crippen LogP) is 5.93. The van der Waals surface area contributed by atoms with E-state index in [1.807, 2.05) is 13.8 Å². The molecule has 4 bridgehead atoms. The second kappa shape index (κ2) is 13.8. The van der Waals surface area contributed by atoms with Crippen LogP contribution in [0.5, 0.6) is 0 Å². The van der Waals surface area contributed by atoms with Crippen LogP contribution in [-0.4, -0.2) is 79.7 Å². The predicted molar refractivity (Wildman–Crippen MR) is 169 cm³/mol. The Kier molecular flexibility index (Phi) is 10.6. The second-order valence-corrected chi connectivity index (χ2v) is 15.1. The molecule has 4 aliphatic carbocycles. The van der Waals surface area contributed by atoms with Crippen LogP contribution in [0.1, 0.15) is 98.8 Å². The fourth-order valence-electron chi connectivity index (χ4n) is 10.6. The fraction of sp³-hybridized carbons (Fsp3) is 0.861. The molecule has 4 unspecified atom stereocenters. The number of carboxylic acid groups (broad SMARTS) is 1. The van der Waals surface area contributed by atoms with E-state index in [-0.39, 0.29) is 36.9 Å². The summed E-state index contributed by atoms with van der Waals surface area (Å²) in [7, 11) is 1.46. The molecule has 0 aromatic carbocycles. The quantitative estimate of drug-likeness (QED) is 0.0951. The van der Waals surface area contributed by atoms with Gasteiger partial charge in [0, 0.05) is 12.5 Å². The SMILES string of the molecule is CCCCCCCCOC(=O)O[C@H]1[C@H](O)[C@H](OCC23C[C@@H]4[C@H](C)CC[C@H]4C4(C=O)CC2C=C(C(C)C)C34C(=O)O)O[C@H](C)[C@H]1OC. The summed E-state index contributed by atoms with van der Waals surface area (Å²) in [6.45, 7) is 10.4. The molecule has 0 aromatic heterocycles. The maximum absolute atomic E-state index is 13.7. The van der Waals surface area contributed by atoms with E-state index in [1.165, 1.54) is 13.5 Å². The third kappa shape index (κ3) is 5.34. The number of hydrogen-bond donors (Lipinski definition) is 2. The van der Waals surface area contributed by atoms with Crippen molar-refractivity contribution in [2.24, 2.45) is 45.8 Å². The van der Waals surface area contributed by atoms with Crippen LogP contribution in [0, 0.1) is 45.8 Å². The van der Waals surface area contributed by atoms with Crippen molar-refractivity contribution < 1.29 is 48.3 Å². The number of aliphatic carboxylic acids is 1. The average molecular weight is 649 g/mol. The fourth-order valence-corrected chi connectivity index (χ4v) is 10.6. The van der Waals surface area contributed by atoms with Crippen molar-refractivity contribution in [1.82, 2.24) is 0 Å². The van der Waals surface area contributed by atoms with Crippen LogP contribution in [0.25, 0.3) is 0 Å². The third-order valence-electron chi connectivity index (χ3n) is 12.6. The van der Waals surface area contributed by atoms with Crippen molar-refractivity contribution in [3.63, 3.8) is 0 Å². The van der Waals surface area contributed by atoms with Crippen molar-refractivity contribution in [3.8, 4) is 0 Å². The summed E-state index contributed by atoms with van der Waals surface area (Å²) < 4.78 is 29.1. The van der Waals surface area contributed by atoms with Gasteiger partial charge in [-0.1, -0.05) is 77.9 Å². The van der Waals surface area contributed by atoms with Crippen LogP contribution in [0.15, 0.2) is 11.6 Å².